The highest BCUT2D eigenvalue weighted by Crippen LogP contribution is 2.41. The molecular weight excluding hydrogens is 290 g/mol. The zero-order valence-electron chi connectivity index (χ0n) is 14.5. The predicted molar refractivity (Wildman–Crippen MR) is 92.8 cm³/mol. The lowest BCUT2D eigenvalue weighted by atomic mass is 9.83. The lowest BCUT2D eigenvalue weighted by Gasteiger charge is -2.43. The van der Waals surface area contributed by atoms with Crippen molar-refractivity contribution in [1.29, 1.82) is 0 Å². The molecule has 0 saturated carbocycles. The van der Waals surface area contributed by atoms with Crippen LogP contribution in [0.25, 0.3) is 0 Å². The number of rotatable bonds is 1. The number of benzene rings is 1. The van der Waals surface area contributed by atoms with E-state index in [1.807, 2.05) is 4.90 Å². The zero-order chi connectivity index (χ0) is 16.7. The number of carbonyl (C=O) groups is 1. The van der Waals surface area contributed by atoms with Crippen LogP contribution in [0.3, 0.4) is 0 Å². The van der Waals surface area contributed by atoms with Crippen molar-refractivity contribution in [3.8, 4) is 0 Å². The van der Waals surface area contributed by atoms with Gasteiger partial charge in [-0.2, -0.15) is 0 Å². The normalized spacial score (nSPS) is 31.0. The van der Waals surface area contributed by atoms with Crippen molar-refractivity contribution in [3.05, 3.63) is 23.8 Å². The number of nitrogens with two attached hydrogens (primary N) is 1. The third-order valence-electron chi connectivity index (χ3n) is 5.31. The monoisotopic (exact) mass is 317 g/mol. The van der Waals surface area contributed by atoms with Gasteiger partial charge >= 0.3 is 0 Å². The molecule has 23 heavy (non-hydrogen) atoms. The van der Waals surface area contributed by atoms with Crippen LogP contribution in [-0.4, -0.2) is 37.7 Å². The first-order valence-corrected chi connectivity index (χ1v) is 8.46. The highest BCUT2D eigenvalue weighted by atomic mass is 16.5. The molecule has 4 atom stereocenters. The van der Waals surface area contributed by atoms with Crippen molar-refractivity contribution in [2.75, 3.05) is 29.5 Å². The maximum Gasteiger partial charge on any atom is 0.224 e. The molecule has 3 rings (SSSR count). The topological polar surface area (TPSA) is 58.8 Å². The molecule has 0 bridgehead atoms. The average molecular weight is 317 g/mol. The van der Waals surface area contributed by atoms with E-state index in [1.54, 1.807) is 6.92 Å². The second kappa shape index (κ2) is 6.13. The summed E-state index contributed by atoms with van der Waals surface area (Å²) in [6, 6.07) is 6.38. The number of ether oxygens (including phenoxy) is 1. The molecule has 0 aromatic heterocycles. The summed E-state index contributed by atoms with van der Waals surface area (Å²) in [4.78, 5) is 16.3. The van der Waals surface area contributed by atoms with Crippen LogP contribution in [0.5, 0.6) is 0 Å². The predicted octanol–water partition coefficient (Wildman–Crippen LogP) is 2.30. The van der Waals surface area contributed by atoms with E-state index in [0.29, 0.717) is 0 Å². The van der Waals surface area contributed by atoms with Crippen LogP contribution >= 0.6 is 0 Å². The minimum Gasteiger partial charge on any atom is -0.375 e. The van der Waals surface area contributed by atoms with E-state index in [2.05, 4.69) is 43.9 Å². The molecule has 0 radical (unpaired) electrons. The third kappa shape index (κ3) is 2.83. The Hall–Kier alpha value is -1.59. The molecular formula is C18H27N3O2. The summed E-state index contributed by atoms with van der Waals surface area (Å²) in [6.07, 6.45) is 0.237. The van der Waals surface area contributed by atoms with Gasteiger partial charge in [-0.3, -0.25) is 4.79 Å². The molecule has 1 unspecified atom stereocenters. The van der Waals surface area contributed by atoms with Crippen molar-refractivity contribution in [2.24, 2.45) is 11.7 Å². The lowest BCUT2D eigenvalue weighted by molar-refractivity contribution is -0.117. The quantitative estimate of drug-likeness (QED) is 0.863. The maximum atomic E-state index is 12.1. The Labute approximate surface area is 138 Å². The van der Waals surface area contributed by atoms with Crippen molar-refractivity contribution in [1.82, 2.24) is 0 Å². The standard InChI is InChI=1S/C18H27N3O2/c1-11-10-20(7-8-23-11)15-5-6-17-16(9-15)18(19)12(2)13(3)21(17)14(4)22/h5-6,9,11-13,18H,7-8,10,19H2,1-4H3/t11?,12-,13-,18+/m0/s1. The van der Waals surface area contributed by atoms with Gasteiger partial charge in [-0.15, -0.1) is 0 Å². The van der Waals surface area contributed by atoms with Gasteiger partial charge < -0.3 is 20.3 Å². The van der Waals surface area contributed by atoms with E-state index in [9.17, 15) is 4.79 Å². The van der Waals surface area contributed by atoms with Crippen molar-refractivity contribution < 1.29 is 9.53 Å². The Morgan fingerprint density at radius 2 is 2.04 bits per heavy atom. The molecule has 1 aromatic rings. The van der Waals surface area contributed by atoms with Crippen molar-refractivity contribution >= 4 is 17.3 Å². The first kappa shape index (κ1) is 16.3. The Morgan fingerprint density at radius 3 is 2.70 bits per heavy atom. The van der Waals surface area contributed by atoms with Gasteiger partial charge in [0, 0.05) is 43.5 Å². The second-order valence-corrected chi connectivity index (χ2v) is 6.89. The Morgan fingerprint density at radius 1 is 1.30 bits per heavy atom. The molecule has 1 saturated heterocycles. The van der Waals surface area contributed by atoms with Crippen LogP contribution in [0, 0.1) is 5.92 Å². The lowest BCUT2D eigenvalue weighted by Crippen LogP contribution is -2.49. The molecule has 0 aliphatic carbocycles. The summed E-state index contributed by atoms with van der Waals surface area (Å²) < 4.78 is 5.62. The molecule has 5 nitrogen and oxygen atoms in total. The molecule has 2 heterocycles. The fourth-order valence-corrected chi connectivity index (χ4v) is 3.77. The molecule has 126 valence electrons. The average Bonchev–Trinajstić information content (AvgIpc) is 2.52. The molecule has 2 aliphatic rings. The fourth-order valence-electron chi connectivity index (χ4n) is 3.77. The highest BCUT2D eigenvalue weighted by Gasteiger charge is 2.36. The summed E-state index contributed by atoms with van der Waals surface area (Å²) in [5, 5.41) is 0. The first-order chi connectivity index (χ1) is 10.9. The minimum absolute atomic E-state index is 0.0472. The van der Waals surface area contributed by atoms with Crippen LogP contribution in [0.15, 0.2) is 18.2 Å². The number of hydrogen-bond acceptors (Lipinski definition) is 4. The van der Waals surface area contributed by atoms with Gasteiger partial charge in [0.2, 0.25) is 5.91 Å². The SMILES string of the molecule is CC(=O)N1c2ccc(N3CCOC(C)C3)cc2[C@H](N)[C@@H](C)[C@@H]1C. The number of amides is 1. The van der Waals surface area contributed by atoms with Gasteiger partial charge in [0.1, 0.15) is 0 Å². The molecule has 1 fully saturated rings. The summed E-state index contributed by atoms with van der Waals surface area (Å²) in [5.41, 5.74) is 9.68. The van der Waals surface area contributed by atoms with Crippen LogP contribution in [-0.2, 0) is 9.53 Å². The summed E-state index contributed by atoms with van der Waals surface area (Å²) in [5.74, 6) is 0.301. The van der Waals surface area contributed by atoms with E-state index in [0.717, 1.165) is 30.9 Å². The van der Waals surface area contributed by atoms with Gasteiger partial charge in [0.15, 0.2) is 0 Å². The Kier molecular flexibility index (Phi) is 4.34. The minimum atomic E-state index is -0.0472. The van der Waals surface area contributed by atoms with Crippen molar-refractivity contribution in [2.45, 2.75) is 45.9 Å². The summed E-state index contributed by atoms with van der Waals surface area (Å²) >= 11 is 0. The van der Waals surface area contributed by atoms with Crippen LogP contribution in [0.1, 0.15) is 39.3 Å². The van der Waals surface area contributed by atoms with Gasteiger partial charge in [-0.1, -0.05) is 6.92 Å². The molecule has 1 amide bonds. The van der Waals surface area contributed by atoms with E-state index in [-0.39, 0.29) is 30.0 Å². The molecule has 2 N–H and O–H groups in total. The summed E-state index contributed by atoms with van der Waals surface area (Å²) in [6.45, 7) is 10.4. The number of carbonyl (C=O) groups excluding carboxylic acids is 1. The zero-order valence-corrected chi connectivity index (χ0v) is 14.5. The van der Waals surface area contributed by atoms with Gasteiger partial charge in [0.05, 0.1) is 12.7 Å². The second-order valence-electron chi connectivity index (χ2n) is 6.89. The highest BCUT2D eigenvalue weighted by molar-refractivity contribution is 5.94. The van der Waals surface area contributed by atoms with Gasteiger partial charge in [0.25, 0.3) is 0 Å². The fraction of sp³-hybridized carbons (Fsp3) is 0.611. The van der Waals surface area contributed by atoms with E-state index in [4.69, 9.17) is 10.5 Å². The number of hydrogen-bond donors (Lipinski definition) is 1. The molecule has 0 spiro atoms. The maximum absolute atomic E-state index is 12.1. The van der Waals surface area contributed by atoms with Crippen molar-refractivity contribution in [3.63, 3.8) is 0 Å². The largest absolute Gasteiger partial charge is 0.375 e. The molecule has 5 heteroatoms. The first-order valence-electron chi connectivity index (χ1n) is 8.46. The Balaban J connectivity index is 1.99. The van der Waals surface area contributed by atoms with Crippen LogP contribution in [0.2, 0.25) is 0 Å². The van der Waals surface area contributed by atoms with Gasteiger partial charge in [-0.05, 0) is 43.5 Å². The van der Waals surface area contributed by atoms with E-state index < -0.39 is 0 Å². The van der Waals surface area contributed by atoms with Gasteiger partial charge in [-0.25, -0.2) is 0 Å². The number of morpholine rings is 1. The number of fused-ring (bicyclic) bond motifs is 1. The van der Waals surface area contributed by atoms with Crippen LogP contribution in [0.4, 0.5) is 11.4 Å². The van der Waals surface area contributed by atoms with E-state index >= 15 is 0 Å². The molecule has 1 aromatic carbocycles. The smallest absolute Gasteiger partial charge is 0.224 e. The van der Waals surface area contributed by atoms with E-state index in [1.165, 1.54) is 5.69 Å². The third-order valence-corrected chi connectivity index (χ3v) is 5.31. The van der Waals surface area contributed by atoms with Crippen LogP contribution < -0.4 is 15.5 Å². The Bertz CT molecular complexity index is 604. The summed E-state index contributed by atoms with van der Waals surface area (Å²) in [7, 11) is 0. The number of nitrogens with zero attached hydrogens (tertiary/aromatic N) is 2. The molecule has 2 aliphatic heterocycles. The number of anilines is 2.